The maximum Gasteiger partial charge on any atom is 0.234 e. The average molecular weight is 380 g/mol. The van der Waals surface area contributed by atoms with Crippen molar-refractivity contribution in [2.45, 2.75) is 40.2 Å². The summed E-state index contributed by atoms with van der Waals surface area (Å²) in [5.41, 5.74) is 6.50. The quantitative estimate of drug-likeness (QED) is 0.828. The lowest BCUT2D eigenvalue weighted by Gasteiger charge is -2.36. The first-order valence-corrected chi connectivity index (χ1v) is 10.4. The van der Waals surface area contributed by atoms with E-state index in [1.54, 1.807) is 0 Å². The van der Waals surface area contributed by atoms with Crippen molar-refractivity contribution in [1.82, 2.24) is 10.2 Å². The van der Waals surface area contributed by atoms with Crippen LogP contribution in [0.4, 0.5) is 5.69 Å². The van der Waals surface area contributed by atoms with Crippen molar-refractivity contribution in [2.75, 3.05) is 37.6 Å². The fourth-order valence-electron chi connectivity index (χ4n) is 3.84. The van der Waals surface area contributed by atoms with Crippen molar-refractivity contribution in [2.24, 2.45) is 0 Å². The molecule has 2 aromatic carbocycles. The third kappa shape index (κ3) is 4.93. The van der Waals surface area contributed by atoms with Crippen molar-refractivity contribution in [3.63, 3.8) is 0 Å². The van der Waals surface area contributed by atoms with E-state index in [1.807, 2.05) is 0 Å². The number of carbonyl (C=O) groups is 1. The van der Waals surface area contributed by atoms with E-state index < -0.39 is 0 Å². The van der Waals surface area contributed by atoms with Gasteiger partial charge in [-0.3, -0.25) is 9.69 Å². The van der Waals surface area contributed by atoms with Crippen LogP contribution in [0.25, 0.3) is 0 Å². The van der Waals surface area contributed by atoms with Gasteiger partial charge < -0.3 is 10.2 Å². The molecule has 150 valence electrons. The Labute approximate surface area is 169 Å². The van der Waals surface area contributed by atoms with Crippen molar-refractivity contribution < 1.29 is 4.79 Å². The summed E-state index contributed by atoms with van der Waals surface area (Å²) in [4.78, 5) is 17.2. The van der Waals surface area contributed by atoms with Crippen LogP contribution in [-0.2, 0) is 11.2 Å². The van der Waals surface area contributed by atoms with E-state index in [0.29, 0.717) is 6.54 Å². The summed E-state index contributed by atoms with van der Waals surface area (Å²) < 4.78 is 0. The summed E-state index contributed by atoms with van der Waals surface area (Å²) in [6.07, 6.45) is 1.04. The molecule has 1 aliphatic rings. The Balaban J connectivity index is 1.48. The smallest absolute Gasteiger partial charge is 0.234 e. The molecule has 0 aromatic heterocycles. The highest BCUT2D eigenvalue weighted by Gasteiger charge is 2.21. The van der Waals surface area contributed by atoms with Crippen LogP contribution in [0, 0.1) is 13.8 Å². The van der Waals surface area contributed by atoms with Gasteiger partial charge in [-0.05, 0) is 55.5 Å². The van der Waals surface area contributed by atoms with Crippen LogP contribution in [0.3, 0.4) is 0 Å². The molecule has 1 unspecified atom stereocenters. The Kier molecular flexibility index (Phi) is 6.74. The van der Waals surface area contributed by atoms with Crippen molar-refractivity contribution in [3.05, 3.63) is 64.7 Å². The number of piperazine rings is 1. The van der Waals surface area contributed by atoms with Gasteiger partial charge in [0.15, 0.2) is 0 Å². The summed E-state index contributed by atoms with van der Waals surface area (Å²) in [5.74, 6) is 0.104. The molecule has 4 heteroatoms. The Bertz CT molecular complexity index is 792. The van der Waals surface area contributed by atoms with E-state index in [2.05, 4.69) is 85.3 Å². The molecule has 1 saturated heterocycles. The van der Waals surface area contributed by atoms with Crippen LogP contribution in [0.5, 0.6) is 0 Å². The van der Waals surface area contributed by atoms with Crippen LogP contribution in [0.1, 0.15) is 42.1 Å². The van der Waals surface area contributed by atoms with Crippen molar-refractivity contribution >= 4 is 11.6 Å². The second-order valence-corrected chi connectivity index (χ2v) is 7.87. The lowest BCUT2D eigenvalue weighted by Crippen LogP contribution is -2.49. The fraction of sp³-hybridized carbons (Fsp3) is 0.458. The maximum absolute atomic E-state index is 12.5. The number of amides is 1. The van der Waals surface area contributed by atoms with Gasteiger partial charge >= 0.3 is 0 Å². The molecule has 1 N–H and O–H groups in total. The van der Waals surface area contributed by atoms with Gasteiger partial charge in [-0.2, -0.15) is 0 Å². The number of nitrogens with one attached hydrogen (secondary N) is 1. The van der Waals surface area contributed by atoms with E-state index >= 15 is 0 Å². The van der Waals surface area contributed by atoms with Gasteiger partial charge in [-0.1, -0.05) is 43.3 Å². The summed E-state index contributed by atoms with van der Waals surface area (Å²) >= 11 is 0. The number of benzene rings is 2. The molecule has 1 amide bonds. The van der Waals surface area contributed by atoms with Gasteiger partial charge in [0.25, 0.3) is 0 Å². The van der Waals surface area contributed by atoms with Gasteiger partial charge in [-0.15, -0.1) is 0 Å². The fourth-order valence-corrected chi connectivity index (χ4v) is 3.84. The Morgan fingerprint density at radius 2 is 1.71 bits per heavy atom. The number of rotatable bonds is 6. The molecule has 2 aromatic rings. The zero-order valence-corrected chi connectivity index (χ0v) is 17.7. The second kappa shape index (κ2) is 9.24. The van der Waals surface area contributed by atoms with Crippen LogP contribution in [-0.4, -0.2) is 43.5 Å². The van der Waals surface area contributed by atoms with Crippen LogP contribution < -0.4 is 10.2 Å². The lowest BCUT2D eigenvalue weighted by atomic mass is 10.0. The van der Waals surface area contributed by atoms with Crippen LogP contribution in [0.15, 0.2) is 42.5 Å². The first kappa shape index (κ1) is 20.4. The largest absolute Gasteiger partial charge is 0.369 e. The van der Waals surface area contributed by atoms with E-state index in [4.69, 9.17) is 0 Å². The summed E-state index contributed by atoms with van der Waals surface area (Å²) in [6.45, 7) is 12.8. The molecule has 1 aliphatic heterocycles. The molecule has 4 nitrogen and oxygen atoms in total. The molecule has 1 atom stereocenters. The summed E-state index contributed by atoms with van der Waals surface area (Å²) in [6, 6.07) is 15.1. The molecular weight excluding hydrogens is 346 g/mol. The first-order chi connectivity index (χ1) is 13.5. The minimum absolute atomic E-state index is 0.0367. The van der Waals surface area contributed by atoms with Gasteiger partial charge in [0.1, 0.15) is 0 Å². The van der Waals surface area contributed by atoms with Gasteiger partial charge in [-0.25, -0.2) is 0 Å². The minimum Gasteiger partial charge on any atom is -0.369 e. The zero-order chi connectivity index (χ0) is 20.1. The van der Waals surface area contributed by atoms with Crippen LogP contribution >= 0.6 is 0 Å². The second-order valence-electron chi connectivity index (χ2n) is 7.87. The first-order valence-electron chi connectivity index (χ1n) is 10.4. The van der Waals surface area contributed by atoms with Gasteiger partial charge in [0.2, 0.25) is 5.91 Å². The minimum atomic E-state index is 0.0367. The predicted molar refractivity (Wildman–Crippen MR) is 117 cm³/mol. The number of nitrogens with zero attached hydrogens (tertiary/aromatic N) is 2. The molecule has 0 saturated carbocycles. The molecule has 0 bridgehead atoms. The molecule has 1 heterocycles. The SMILES string of the molecule is CCc1ccc(C(C)NC(=O)CN2CCN(c3cccc(C)c3C)CC2)cc1. The molecule has 1 fully saturated rings. The highest BCUT2D eigenvalue weighted by atomic mass is 16.2. The Morgan fingerprint density at radius 3 is 2.36 bits per heavy atom. The molecule has 0 aliphatic carbocycles. The van der Waals surface area contributed by atoms with E-state index in [9.17, 15) is 4.79 Å². The monoisotopic (exact) mass is 379 g/mol. The molecule has 0 radical (unpaired) electrons. The van der Waals surface area contributed by atoms with E-state index in [1.165, 1.54) is 22.4 Å². The third-order valence-corrected chi connectivity index (χ3v) is 5.92. The number of hydrogen-bond acceptors (Lipinski definition) is 3. The summed E-state index contributed by atoms with van der Waals surface area (Å²) in [5, 5.41) is 3.15. The number of anilines is 1. The van der Waals surface area contributed by atoms with Crippen LogP contribution in [0.2, 0.25) is 0 Å². The lowest BCUT2D eigenvalue weighted by molar-refractivity contribution is -0.123. The zero-order valence-electron chi connectivity index (χ0n) is 17.7. The Hall–Kier alpha value is -2.33. The van der Waals surface area contributed by atoms with Crippen molar-refractivity contribution in [1.29, 1.82) is 0 Å². The predicted octanol–water partition coefficient (Wildman–Crippen LogP) is 3.87. The Morgan fingerprint density at radius 1 is 1.04 bits per heavy atom. The third-order valence-electron chi connectivity index (χ3n) is 5.92. The van der Waals surface area contributed by atoms with E-state index in [0.717, 1.165) is 38.2 Å². The number of aryl methyl sites for hydroxylation is 2. The highest BCUT2D eigenvalue weighted by Crippen LogP contribution is 2.23. The van der Waals surface area contributed by atoms with Crippen molar-refractivity contribution in [3.8, 4) is 0 Å². The normalized spacial score (nSPS) is 16.1. The van der Waals surface area contributed by atoms with Gasteiger partial charge in [0, 0.05) is 31.9 Å². The maximum atomic E-state index is 12.5. The molecule has 0 spiro atoms. The summed E-state index contributed by atoms with van der Waals surface area (Å²) in [7, 11) is 0. The molecule has 28 heavy (non-hydrogen) atoms. The average Bonchev–Trinajstić information content (AvgIpc) is 2.71. The number of carbonyl (C=O) groups excluding carboxylic acids is 1. The highest BCUT2D eigenvalue weighted by molar-refractivity contribution is 5.78. The van der Waals surface area contributed by atoms with Gasteiger partial charge in [0.05, 0.1) is 12.6 Å². The standard InChI is InChI=1S/C24H33N3O/c1-5-21-9-11-22(12-10-21)20(4)25-24(28)17-26-13-15-27(16-14-26)23-8-6-7-18(2)19(23)3/h6-12,20H,5,13-17H2,1-4H3,(H,25,28). The number of hydrogen-bond donors (Lipinski definition) is 1. The molecular formula is C24H33N3O. The molecule has 3 rings (SSSR count). The van der Waals surface area contributed by atoms with E-state index in [-0.39, 0.29) is 11.9 Å². The topological polar surface area (TPSA) is 35.6 Å².